The lowest BCUT2D eigenvalue weighted by Crippen LogP contribution is -2.30. The number of anilines is 3. The molecule has 0 aliphatic rings. The number of para-hydroxylation sites is 1. The third kappa shape index (κ3) is 5.37. The molecule has 0 unspecified atom stereocenters. The highest BCUT2D eigenvalue weighted by atomic mass is 16.6. The molecule has 0 fully saturated rings. The van der Waals surface area contributed by atoms with Gasteiger partial charge in [-0.25, -0.2) is 14.8 Å². The van der Waals surface area contributed by atoms with Gasteiger partial charge in [-0.2, -0.15) is 0 Å². The molecule has 1 heterocycles. The highest BCUT2D eigenvalue weighted by molar-refractivity contribution is 5.98. The molecule has 0 aliphatic heterocycles. The van der Waals surface area contributed by atoms with Gasteiger partial charge in [0.15, 0.2) is 0 Å². The zero-order chi connectivity index (χ0) is 24.7. The Morgan fingerprint density at radius 1 is 1.00 bits per heavy atom. The van der Waals surface area contributed by atoms with E-state index in [-0.39, 0.29) is 29.4 Å². The molecular weight excluding hydrogens is 450 g/mol. The molecule has 0 aliphatic carbocycles. The van der Waals surface area contributed by atoms with Crippen molar-refractivity contribution < 1.29 is 24.2 Å². The number of hydrogen-bond acceptors (Lipinski definition) is 11. The molecule has 0 spiro atoms. The monoisotopic (exact) mass is 467 g/mol. The van der Waals surface area contributed by atoms with Gasteiger partial charge in [-0.1, -0.05) is 18.2 Å². The van der Waals surface area contributed by atoms with E-state index in [1.54, 1.807) is 19.1 Å². The molecular formula is C20H17N7O7. The number of ether oxygens (including phenoxy) is 1. The van der Waals surface area contributed by atoms with Crippen molar-refractivity contribution in [1.82, 2.24) is 15.4 Å². The molecule has 14 heteroatoms. The van der Waals surface area contributed by atoms with Gasteiger partial charge < -0.3 is 10.1 Å². The van der Waals surface area contributed by atoms with Crippen LogP contribution in [-0.2, 0) is 4.74 Å². The predicted molar refractivity (Wildman–Crippen MR) is 119 cm³/mol. The summed E-state index contributed by atoms with van der Waals surface area (Å²) in [4.78, 5) is 53.3. The largest absolute Gasteiger partial charge is 0.462 e. The topological polar surface area (TPSA) is 192 Å². The number of nitrogens with zero attached hydrogens (tertiary/aromatic N) is 4. The van der Waals surface area contributed by atoms with Crippen LogP contribution in [0.1, 0.15) is 27.6 Å². The van der Waals surface area contributed by atoms with E-state index in [9.17, 15) is 29.8 Å². The minimum Gasteiger partial charge on any atom is -0.462 e. The Bertz CT molecular complexity index is 1270. The van der Waals surface area contributed by atoms with Crippen LogP contribution in [-0.4, -0.2) is 38.3 Å². The third-order valence-corrected chi connectivity index (χ3v) is 4.28. The van der Waals surface area contributed by atoms with E-state index in [0.29, 0.717) is 5.69 Å². The Balaban J connectivity index is 1.84. The van der Waals surface area contributed by atoms with Gasteiger partial charge in [0.05, 0.1) is 22.0 Å². The summed E-state index contributed by atoms with van der Waals surface area (Å²) in [7, 11) is 0. The van der Waals surface area contributed by atoms with Crippen LogP contribution in [0.5, 0.6) is 0 Å². The van der Waals surface area contributed by atoms with Crippen molar-refractivity contribution in [2.24, 2.45) is 0 Å². The summed E-state index contributed by atoms with van der Waals surface area (Å²) in [6.45, 7) is 1.84. The summed E-state index contributed by atoms with van der Waals surface area (Å²) in [5.74, 6) is -2.08. The highest BCUT2D eigenvalue weighted by Crippen LogP contribution is 2.31. The molecule has 3 N–H and O–H groups in total. The van der Waals surface area contributed by atoms with Gasteiger partial charge in [-0.3, -0.25) is 35.9 Å². The summed E-state index contributed by atoms with van der Waals surface area (Å²) in [6, 6.07) is 11.2. The van der Waals surface area contributed by atoms with E-state index in [2.05, 4.69) is 26.1 Å². The molecule has 2 aromatic carbocycles. The lowest BCUT2D eigenvalue weighted by molar-refractivity contribution is -0.385. The Kier molecular flexibility index (Phi) is 7.23. The standard InChI is InChI=1S/C20H17N7O7/c1-2-34-20(29)12-6-5-7-13(10-12)23-17-16(27(32)33)18(22-11-21-17)24-25-19(28)14-8-3-4-9-15(14)26(30)31/h3-11H,2H2,1H3,(H,25,28)(H2,21,22,23,24). The number of esters is 1. The van der Waals surface area contributed by atoms with Gasteiger partial charge in [0.25, 0.3) is 11.6 Å². The summed E-state index contributed by atoms with van der Waals surface area (Å²) >= 11 is 0. The maximum Gasteiger partial charge on any atom is 0.355 e. The first-order valence-electron chi connectivity index (χ1n) is 9.65. The lowest BCUT2D eigenvalue weighted by Gasteiger charge is -2.11. The van der Waals surface area contributed by atoms with Crippen molar-refractivity contribution in [1.29, 1.82) is 0 Å². The van der Waals surface area contributed by atoms with Crippen LogP contribution in [0.25, 0.3) is 0 Å². The first kappa shape index (κ1) is 23.5. The van der Waals surface area contributed by atoms with E-state index in [0.717, 1.165) is 12.4 Å². The highest BCUT2D eigenvalue weighted by Gasteiger charge is 2.25. The number of nitro groups is 2. The van der Waals surface area contributed by atoms with E-state index in [4.69, 9.17) is 4.74 Å². The molecule has 34 heavy (non-hydrogen) atoms. The molecule has 3 rings (SSSR count). The van der Waals surface area contributed by atoms with Crippen molar-refractivity contribution in [3.05, 3.63) is 86.2 Å². The normalized spacial score (nSPS) is 10.1. The van der Waals surface area contributed by atoms with Crippen molar-refractivity contribution >= 4 is 40.6 Å². The smallest absolute Gasteiger partial charge is 0.355 e. The van der Waals surface area contributed by atoms with Crippen LogP contribution in [0.3, 0.4) is 0 Å². The van der Waals surface area contributed by atoms with Gasteiger partial charge in [-0.15, -0.1) is 0 Å². The van der Waals surface area contributed by atoms with E-state index >= 15 is 0 Å². The summed E-state index contributed by atoms with van der Waals surface area (Å²) in [6.07, 6.45) is 1.00. The second kappa shape index (κ2) is 10.4. The van der Waals surface area contributed by atoms with Crippen molar-refractivity contribution in [3.8, 4) is 0 Å². The fourth-order valence-corrected chi connectivity index (χ4v) is 2.82. The molecule has 1 amide bonds. The van der Waals surface area contributed by atoms with Crippen LogP contribution in [0.4, 0.5) is 28.7 Å². The summed E-state index contributed by atoms with van der Waals surface area (Å²) in [5.41, 5.74) is 3.67. The number of amides is 1. The Morgan fingerprint density at radius 3 is 2.44 bits per heavy atom. The number of rotatable bonds is 9. The number of hydrazine groups is 1. The van der Waals surface area contributed by atoms with Crippen molar-refractivity contribution in [2.75, 3.05) is 17.3 Å². The number of benzene rings is 2. The number of nitro benzene ring substituents is 1. The maximum absolute atomic E-state index is 12.4. The second-order valence-corrected chi connectivity index (χ2v) is 6.46. The van der Waals surface area contributed by atoms with Crippen LogP contribution < -0.4 is 16.2 Å². The number of nitrogens with one attached hydrogen (secondary N) is 3. The van der Waals surface area contributed by atoms with Gasteiger partial charge >= 0.3 is 11.7 Å². The van der Waals surface area contributed by atoms with Gasteiger partial charge in [-0.05, 0) is 31.2 Å². The van der Waals surface area contributed by atoms with Crippen LogP contribution in [0, 0.1) is 20.2 Å². The molecule has 0 bridgehead atoms. The molecule has 0 radical (unpaired) electrons. The molecule has 1 aromatic heterocycles. The average Bonchev–Trinajstić information content (AvgIpc) is 2.82. The van der Waals surface area contributed by atoms with Crippen molar-refractivity contribution in [2.45, 2.75) is 6.92 Å². The van der Waals surface area contributed by atoms with Crippen molar-refractivity contribution in [3.63, 3.8) is 0 Å². The zero-order valence-corrected chi connectivity index (χ0v) is 17.5. The fraction of sp³-hybridized carbons (Fsp3) is 0.100. The third-order valence-electron chi connectivity index (χ3n) is 4.28. The molecule has 0 atom stereocenters. The van der Waals surface area contributed by atoms with Gasteiger partial charge in [0, 0.05) is 11.8 Å². The predicted octanol–water partition coefficient (Wildman–Crippen LogP) is 2.97. The SMILES string of the molecule is CCOC(=O)c1cccc(Nc2ncnc(NNC(=O)c3ccccc3[N+](=O)[O-])c2[N+](=O)[O-])c1. The molecule has 3 aromatic rings. The van der Waals surface area contributed by atoms with E-state index in [1.165, 1.54) is 30.3 Å². The van der Waals surface area contributed by atoms with E-state index < -0.39 is 33.1 Å². The fourth-order valence-electron chi connectivity index (χ4n) is 2.82. The lowest BCUT2D eigenvalue weighted by atomic mass is 10.2. The van der Waals surface area contributed by atoms with E-state index in [1.807, 2.05) is 0 Å². The van der Waals surface area contributed by atoms with Gasteiger partial charge in [0.2, 0.25) is 11.6 Å². The minimum atomic E-state index is -0.906. The van der Waals surface area contributed by atoms with Crippen LogP contribution in [0.15, 0.2) is 54.9 Å². The maximum atomic E-state index is 12.4. The second-order valence-electron chi connectivity index (χ2n) is 6.46. The first-order chi connectivity index (χ1) is 16.3. The van der Waals surface area contributed by atoms with Crippen LogP contribution in [0.2, 0.25) is 0 Å². The Hall–Kier alpha value is -5.14. The van der Waals surface area contributed by atoms with Gasteiger partial charge in [0.1, 0.15) is 11.9 Å². The van der Waals surface area contributed by atoms with Crippen LogP contribution >= 0.6 is 0 Å². The molecule has 14 nitrogen and oxygen atoms in total. The Morgan fingerprint density at radius 2 is 1.74 bits per heavy atom. The Labute approximate surface area is 191 Å². The molecule has 0 saturated heterocycles. The molecule has 174 valence electrons. The summed E-state index contributed by atoms with van der Waals surface area (Å²) < 4.78 is 4.94. The number of hydrogen-bond donors (Lipinski definition) is 3. The zero-order valence-electron chi connectivity index (χ0n) is 17.5. The number of carbonyl (C=O) groups is 2. The number of aromatic nitrogens is 2. The first-order valence-corrected chi connectivity index (χ1v) is 9.65. The number of carbonyl (C=O) groups excluding carboxylic acids is 2. The average molecular weight is 467 g/mol. The summed E-state index contributed by atoms with van der Waals surface area (Å²) in [5, 5.41) is 25.6. The molecule has 0 saturated carbocycles. The minimum absolute atomic E-state index is 0.181. The quantitative estimate of drug-likeness (QED) is 0.238.